The van der Waals surface area contributed by atoms with Crippen LogP contribution < -0.4 is 10.1 Å². The summed E-state index contributed by atoms with van der Waals surface area (Å²) < 4.78 is 5.59. The Hall–Kier alpha value is -1.45. The highest BCUT2D eigenvalue weighted by atomic mass is 32.2. The predicted molar refractivity (Wildman–Crippen MR) is 89.0 cm³/mol. The van der Waals surface area contributed by atoms with Gasteiger partial charge in [-0.05, 0) is 42.7 Å². The van der Waals surface area contributed by atoms with E-state index in [1.165, 1.54) is 23.3 Å². The lowest BCUT2D eigenvalue weighted by atomic mass is 10.2. The molecule has 0 aromatic heterocycles. The molecule has 110 valence electrons. The zero-order valence-corrected chi connectivity index (χ0v) is 13.2. The van der Waals surface area contributed by atoms with Crippen LogP contribution in [-0.4, -0.2) is 18.4 Å². The Morgan fingerprint density at radius 3 is 2.38 bits per heavy atom. The zero-order chi connectivity index (χ0) is 14.5. The molecule has 2 aromatic rings. The summed E-state index contributed by atoms with van der Waals surface area (Å²) in [5, 5.41) is 3.60. The minimum atomic E-state index is 0.411. The molecule has 0 radical (unpaired) electrons. The van der Waals surface area contributed by atoms with Crippen LogP contribution >= 0.6 is 11.8 Å². The van der Waals surface area contributed by atoms with Gasteiger partial charge in [0, 0.05) is 22.7 Å². The first-order valence-corrected chi connectivity index (χ1v) is 8.19. The van der Waals surface area contributed by atoms with Crippen LogP contribution in [0.2, 0.25) is 0 Å². The number of methoxy groups -OCH3 is 1. The number of ether oxygens (including phenoxy) is 1. The molecule has 2 aromatic carbocycles. The molecule has 3 heteroatoms. The Kier molecular flexibility index (Phi) is 4.51. The maximum atomic E-state index is 5.18. The first-order valence-electron chi connectivity index (χ1n) is 7.37. The highest BCUT2D eigenvalue weighted by Crippen LogP contribution is 2.51. The fraction of sp³-hybridized carbons (Fsp3) is 0.333. The highest BCUT2D eigenvalue weighted by Gasteiger charge is 2.43. The van der Waals surface area contributed by atoms with Gasteiger partial charge in [0.2, 0.25) is 0 Å². The van der Waals surface area contributed by atoms with E-state index in [0.29, 0.717) is 4.75 Å². The Morgan fingerprint density at radius 2 is 1.76 bits per heavy atom. The van der Waals surface area contributed by atoms with Gasteiger partial charge in [0.05, 0.1) is 7.11 Å². The van der Waals surface area contributed by atoms with Crippen molar-refractivity contribution in [2.75, 3.05) is 13.7 Å². The molecule has 21 heavy (non-hydrogen) atoms. The standard InChI is InChI=1S/C18H21NOS/c1-20-16-9-7-15(8-10-16)13-19-14-18(11-12-18)21-17-5-3-2-4-6-17/h2-10,19H,11-14H2,1H3. The van der Waals surface area contributed by atoms with Gasteiger partial charge in [0.25, 0.3) is 0 Å². The molecule has 0 spiro atoms. The molecular weight excluding hydrogens is 278 g/mol. The third-order valence-corrected chi connectivity index (χ3v) is 5.31. The molecule has 1 aliphatic rings. The minimum Gasteiger partial charge on any atom is -0.497 e. The molecule has 1 fully saturated rings. The topological polar surface area (TPSA) is 21.3 Å². The summed E-state index contributed by atoms with van der Waals surface area (Å²) in [4.78, 5) is 1.38. The Balaban J connectivity index is 1.48. The van der Waals surface area contributed by atoms with Crippen molar-refractivity contribution in [3.8, 4) is 5.75 Å². The summed E-state index contributed by atoms with van der Waals surface area (Å²) in [6, 6.07) is 19.0. The summed E-state index contributed by atoms with van der Waals surface area (Å²) in [7, 11) is 1.70. The summed E-state index contributed by atoms with van der Waals surface area (Å²) in [6.45, 7) is 1.99. The molecule has 0 aliphatic heterocycles. The van der Waals surface area contributed by atoms with Crippen LogP contribution in [0.5, 0.6) is 5.75 Å². The molecule has 2 nitrogen and oxygen atoms in total. The molecule has 3 rings (SSSR count). The van der Waals surface area contributed by atoms with Crippen molar-refractivity contribution in [2.45, 2.75) is 29.0 Å². The van der Waals surface area contributed by atoms with Crippen molar-refractivity contribution in [3.05, 3.63) is 60.2 Å². The first-order chi connectivity index (χ1) is 10.3. The quantitative estimate of drug-likeness (QED) is 0.831. The van der Waals surface area contributed by atoms with Crippen molar-refractivity contribution in [2.24, 2.45) is 0 Å². The van der Waals surface area contributed by atoms with Crippen LogP contribution in [0, 0.1) is 0 Å². The van der Waals surface area contributed by atoms with Gasteiger partial charge in [-0.2, -0.15) is 0 Å². The number of hydrogen-bond acceptors (Lipinski definition) is 3. The molecular formula is C18H21NOS. The van der Waals surface area contributed by atoms with Crippen molar-refractivity contribution in [1.82, 2.24) is 5.32 Å². The number of nitrogens with one attached hydrogen (secondary N) is 1. The van der Waals surface area contributed by atoms with Crippen molar-refractivity contribution in [1.29, 1.82) is 0 Å². The van der Waals surface area contributed by atoms with Gasteiger partial charge < -0.3 is 10.1 Å². The van der Waals surface area contributed by atoms with Crippen LogP contribution in [0.4, 0.5) is 0 Å². The summed E-state index contributed by atoms with van der Waals surface area (Å²) in [6.07, 6.45) is 2.62. The number of rotatable bonds is 7. The van der Waals surface area contributed by atoms with Gasteiger partial charge in [-0.1, -0.05) is 30.3 Å². The third-order valence-electron chi connectivity index (χ3n) is 3.82. The van der Waals surface area contributed by atoms with Gasteiger partial charge in [-0.3, -0.25) is 0 Å². The van der Waals surface area contributed by atoms with E-state index in [1.54, 1.807) is 7.11 Å². The molecule has 0 bridgehead atoms. The van der Waals surface area contributed by atoms with Crippen LogP contribution in [0.1, 0.15) is 18.4 Å². The number of benzene rings is 2. The Bertz CT molecular complexity index is 564. The molecule has 0 heterocycles. The van der Waals surface area contributed by atoms with Crippen molar-refractivity contribution in [3.63, 3.8) is 0 Å². The maximum absolute atomic E-state index is 5.18. The molecule has 0 saturated heterocycles. The van der Waals surface area contributed by atoms with Crippen molar-refractivity contribution >= 4 is 11.8 Å². The van der Waals surface area contributed by atoms with E-state index in [9.17, 15) is 0 Å². The van der Waals surface area contributed by atoms with Gasteiger partial charge in [-0.15, -0.1) is 11.8 Å². The van der Waals surface area contributed by atoms with E-state index >= 15 is 0 Å². The summed E-state index contributed by atoms with van der Waals surface area (Å²) in [5.74, 6) is 0.914. The second-order valence-corrected chi connectivity index (χ2v) is 7.09. The molecule has 0 amide bonds. The molecule has 1 aliphatic carbocycles. The van der Waals surface area contributed by atoms with Gasteiger partial charge in [0.15, 0.2) is 0 Å². The molecule has 0 atom stereocenters. The SMILES string of the molecule is COc1ccc(CNCC2(Sc3ccccc3)CC2)cc1. The van der Waals surface area contributed by atoms with Crippen LogP contribution in [-0.2, 0) is 6.54 Å². The molecule has 0 unspecified atom stereocenters. The maximum Gasteiger partial charge on any atom is 0.118 e. The molecule has 1 N–H and O–H groups in total. The lowest BCUT2D eigenvalue weighted by Gasteiger charge is -2.16. The van der Waals surface area contributed by atoms with Crippen molar-refractivity contribution < 1.29 is 4.74 Å². The number of hydrogen-bond donors (Lipinski definition) is 1. The average molecular weight is 299 g/mol. The van der Waals surface area contributed by atoms with E-state index in [-0.39, 0.29) is 0 Å². The van der Waals surface area contributed by atoms with E-state index in [4.69, 9.17) is 4.74 Å². The lowest BCUT2D eigenvalue weighted by molar-refractivity contribution is 0.414. The summed E-state index contributed by atoms with van der Waals surface area (Å²) >= 11 is 2.02. The normalized spacial score (nSPS) is 15.7. The third kappa shape index (κ3) is 4.02. The van der Waals surface area contributed by atoms with E-state index in [2.05, 4.69) is 47.8 Å². The molecule has 1 saturated carbocycles. The smallest absolute Gasteiger partial charge is 0.118 e. The van der Waals surface area contributed by atoms with Gasteiger partial charge >= 0.3 is 0 Å². The second-order valence-electron chi connectivity index (χ2n) is 5.55. The van der Waals surface area contributed by atoms with E-state index in [0.717, 1.165) is 18.8 Å². The fourth-order valence-corrected chi connectivity index (χ4v) is 3.64. The van der Waals surface area contributed by atoms with Gasteiger partial charge in [0.1, 0.15) is 5.75 Å². The lowest BCUT2D eigenvalue weighted by Crippen LogP contribution is -2.25. The highest BCUT2D eigenvalue weighted by molar-refractivity contribution is 8.01. The minimum absolute atomic E-state index is 0.411. The van der Waals surface area contributed by atoms with E-state index < -0.39 is 0 Å². The van der Waals surface area contributed by atoms with E-state index in [1.807, 2.05) is 23.9 Å². The summed E-state index contributed by atoms with van der Waals surface area (Å²) in [5.41, 5.74) is 1.30. The van der Waals surface area contributed by atoms with Gasteiger partial charge in [-0.25, -0.2) is 0 Å². The monoisotopic (exact) mass is 299 g/mol. The van der Waals surface area contributed by atoms with Crippen LogP contribution in [0.15, 0.2) is 59.5 Å². The zero-order valence-electron chi connectivity index (χ0n) is 12.3. The van der Waals surface area contributed by atoms with Crippen LogP contribution in [0.3, 0.4) is 0 Å². The fourth-order valence-electron chi connectivity index (χ4n) is 2.37. The predicted octanol–water partition coefficient (Wildman–Crippen LogP) is 4.11. The number of thioether (sulfide) groups is 1. The first kappa shape index (κ1) is 14.5. The average Bonchev–Trinajstić information content (AvgIpc) is 3.28. The van der Waals surface area contributed by atoms with Crippen LogP contribution in [0.25, 0.3) is 0 Å². The largest absolute Gasteiger partial charge is 0.497 e. The Morgan fingerprint density at radius 1 is 1.05 bits per heavy atom. The Labute approximate surface area is 130 Å². The second kappa shape index (κ2) is 6.54.